The van der Waals surface area contributed by atoms with Gasteiger partial charge in [-0.2, -0.15) is 0 Å². The van der Waals surface area contributed by atoms with Crippen LogP contribution in [0, 0.1) is 5.92 Å². The number of nitrogens with one attached hydrogen (secondary N) is 1. The van der Waals surface area contributed by atoms with Crippen LogP contribution in [-0.4, -0.2) is 26.0 Å². The SMILES string of the molecule is Cl.NCC1CCCC1NS(=O)(=O)c1cccc2cnccc12. The molecule has 1 saturated carbocycles. The summed E-state index contributed by atoms with van der Waals surface area (Å²) in [5, 5.41) is 1.52. The Kier molecular flexibility index (Phi) is 5.39. The number of aromatic nitrogens is 1. The fourth-order valence-corrected chi connectivity index (χ4v) is 4.63. The number of fused-ring (bicyclic) bond motifs is 1. The van der Waals surface area contributed by atoms with Gasteiger partial charge in [0.25, 0.3) is 0 Å². The second-order valence-corrected chi connectivity index (χ2v) is 7.19. The molecule has 1 heterocycles. The maximum absolute atomic E-state index is 12.7. The lowest BCUT2D eigenvalue weighted by Crippen LogP contribution is -2.39. The Hall–Kier alpha value is -1.21. The van der Waals surface area contributed by atoms with Gasteiger partial charge in [0.05, 0.1) is 4.90 Å². The van der Waals surface area contributed by atoms with Gasteiger partial charge in [-0.1, -0.05) is 18.6 Å². The monoisotopic (exact) mass is 341 g/mol. The van der Waals surface area contributed by atoms with Gasteiger partial charge in [-0.25, -0.2) is 13.1 Å². The van der Waals surface area contributed by atoms with E-state index >= 15 is 0 Å². The minimum atomic E-state index is -3.55. The highest BCUT2D eigenvalue weighted by atomic mass is 35.5. The minimum Gasteiger partial charge on any atom is -0.330 e. The lowest BCUT2D eigenvalue weighted by molar-refractivity contribution is 0.453. The van der Waals surface area contributed by atoms with E-state index in [1.165, 1.54) is 0 Å². The first kappa shape index (κ1) is 17.1. The third kappa shape index (κ3) is 3.25. The molecular formula is C15H20ClN3O2S. The second kappa shape index (κ2) is 6.91. The summed E-state index contributed by atoms with van der Waals surface area (Å²) >= 11 is 0. The van der Waals surface area contributed by atoms with Gasteiger partial charge >= 0.3 is 0 Å². The summed E-state index contributed by atoms with van der Waals surface area (Å²) in [5.74, 6) is 0.233. The van der Waals surface area contributed by atoms with Crippen molar-refractivity contribution in [3.8, 4) is 0 Å². The quantitative estimate of drug-likeness (QED) is 0.891. The number of rotatable bonds is 4. The van der Waals surface area contributed by atoms with E-state index in [1.54, 1.807) is 30.6 Å². The fraction of sp³-hybridized carbons (Fsp3) is 0.400. The van der Waals surface area contributed by atoms with Gasteiger partial charge in [0.1, 0.15) is 0 Å². The molecule has 7 heteroatoms. The summed E-state index contributed by atoms with van der Waals surface area (Å²) in [6.45, 7) is 0.520. The summed E-state index contributed by atoms with van der Waals surface area (Å²) < 4.78 is 28.2. The molecule has 5 nitrogen and oxygen atoms in total. The molecule has 0 radical (unpaired) electrons. The number of nitrogens with zero attached hydrogens (tertiary/aromatic N) is 1. The molecule has 1 fully saturated rings. The van der Waals surface area contributed by atoms with Crippen LogP contribution in [0.3, 0.4) is 0 Å². The Morgan fingerprint density at radius 3 is 2.86 bits per heavy atom. The predicted molar refractivity (Wildman–Crippen MR) is 89.5 cm³/mol. The molecule has 1 aliphatic carbocycles. The number of hydrogen-bond donors (Lipinski definition) is 2. The van der Waals surface area contributed by atoms with Gasteiger partial charge < -0.3 is 5.73 Å². The predicted octanol–water partition coefficient (Wildman–Crippen LogP) is 2.06. The third-order valence-corrected chi connectivity index (χ3v) is 5.75. The third-order valence-electron chi connectivity index (χ3n) is 4.20. The van der Waals surface area contributed by atoms with Crippen LogP contribution in [0.4, 0.5) is 0 Å². The van der Waals surface area contributed by atoms with Crippen molar-refractivity contribution >= 4 is 33.2 Å². The Morgan fingerprint density at radius 1 is 1.27 bits per heavy atom. The van der Waals surface area contributed by atoms with Gasteiger partial charge in [0, 0.05) is 29.2 Å². The van der Waals surface area contributed by atoms with E-state index in [9.17, 15) is 8.42 Å². The Bertz CT molecular complexity index is 746. The molecule has 1 aliphatic rings. The van der Waals surface area contributed by atoms with Crippen molar-refractivity contribution in [3.05, 3.63) is 36.7 Å². The van der Waals surface area contributed by atoms with Crippen LogP contribution in [-0.2, 0) is 10.0 Å². The van der Waals surface area contributed by atoms with Crippen molar-refractivity contribution in [2.24, 2.45) is 11.7 Å². The number of sulfonamides is 1. The number of nitrogens with two attached hydrogens (primary N) is 1. The first-order valence-corrected chi connectivity index (χ1v) is 8.65. The van der Waals surface area contributed by atoms with Crippen molar-refractivity contribution in [2.75, 3.05) is 6.54 Å². The first-order valence-electron chi connectivity index (χ1n) is 7.17. The smallest absolute Gasteiger partial charge is 0.241 e. The van der Waals surface area contributed by atoms with E-state index in [2.05, 4.69) is 9.71 Å². The Morgan fingerprint density at radius 2 is 2.09 bits per heavy atom. The average Bonchev–Trinajstić information content (AvgIpc) is 2.93. The molecular weight excluding hydrogens is 322 g/mol. The topological polar surface area (TPSA) is 85.1 Å². The molecule has 0 amide bonds. The van der Waals surface area contributed by atoms with Crippen LogP contribution in [0.15, 0.2) is 41.6 Å². The van der Waals surface area contributed by atoms with Gasteiger partial charge in [-0.05, 0) is 37.4 Å². The summed E-state index contributed by atoms with van der Waals surface area (Å²) in [7, 11) is -3.55. The highest BCUT2D eigenvalue weighted by Crippen LogP contribution is 2.28. The summed E-state index contributed by atoms with van der Waals surface area (Å²) in [5.41, 5.74) is 5.73. The number of benzene rings is 1. The molecule has 1 aromatic carbocycles. The van der Waals surface area contributed by atoms with Gasteiger partial charge in [-0.3, -0.25) is 4.98 Å². The number of halogens is 1. The van der Waals surface area contributed by atoms with Crippen molar-refractivity contribution in [1.82, 2.24) is 9.71 Å². The largest absolute Gasteiger partial charge is 0.330 e. The molecule has 2 aromatic rings. The first-order chi connectivity index (χ1) is 10.1. The Labute approximate surface area is 136 Å². The molecule has 2 unspecified atom stereocenters. The lowest BCUT2D eigenvalue weighted by Gasteiger charge is -2.20. The second-order valence-electron chi connectivity index (χ2n) is 5.51. The van der Waals surface area contributed by atoms with E-state index in [0.717, 1.165) is 24.6 Å². The van der Waals surface area contributed by atoms with Crippen molar-refractivity contribution in [2.45, 2.75) is 30.2 Å². The summed E-state index contributed by atoms with van der Waals surface area (Å²) in [6, 6.07) is 6.92. The highest BCUT2D eigenvalue weighted by molar-refractivity contribution is 7.89. The lowest BCUT2D eigenvalue weighted by atomic mass is 10.1. The fourth-order valence-electron chi connectivity index (χ4n) is 3.06. The normalized spacial score (nSPS) is 21.7. The minimum absolute atomic E-state index is 0. The number of pyridine rings is 1. The zero-order chi connectivity index (χ0) is 14.9. The molecule has 120 valence electrons. The molecule has 22 heavy (non-hydrogen) atoms. The van der Waals surface area contributed by atoms with Crippen LogP contribution in [0.5, 0.6) is 0 Å². The van der Waals surface area contributed by atoms with Crippen LogP contribution >= 0.6 is 12.4 Å². The van der Waals surface area contributed by atoms with E-state index < -0.39 is 10.0 Å². The van der Waals surface area contributed by atoms with Crippen molar-refractivity contribution in [1.29, 1.82) is 0 Å². The molecule has 0 bridgehead atoms. The maximum Gasteiger partial charge on any atom is 0.241 e. The summed E-state index contributed by atoms with van der Waals surface area (Å²) in [4.78, 5) is 4.34. The standard InChI is InChI=1S/C15H19N3O2S.ClH/c16-9-11-3-1-5-14(11)18-21(19,20)15-6-2-4-12-10-17-8-7-13(12)15;/h2,4,6-8,10-11,14,18H,1,3,5,9,16H2;1H. The number of hydrogen-bond acceptors (Lipinski definition) is 4. The maximum atomic E-state index is 12.7. The molecule has 3 N–H and O–H groups in total. The Balaban J connectivity index is 0.00000176. The average molecular weight is 342 g/mol. The zero-order valence-electron chi connectivity index (χ0n) is 12.1. The zero-order valence-corrected chi connectivity index (χ0v) is 13.7. The van der Waals surface area contributed by atoms with Crippen molar-refractivity contribution in [3.63, 3.8) is 0 Å². The van der Waals surface area contributed by atoms with Gasteiger partial charge in [0.15, 0.2) is 0 Å². The van der Waals surface area contributed by atoms with Crippen LogP contribution in [0.25, 0.3) is 10.8 Å². The van der Waals surface area contributed by atoms with E-state index in [1.807, 2.05) is 6.07 Å². The van der Waals surface area contributed by atoms with Crippen molar-refractivity contribution < 1.29 is 8.42 Å². The molecule has 0 saturated heterocycles. The summed E-state index contributed by atoms with van der Waals surface area (Å²) in [6.07, 6.45) is 6.15. The van der Waals surface area contributed by atoms with Crippen LogP contribution < -0.4 is 10.5 Å². The molecule has 2 atom stereocenters. The van der Waals surface area contributed by atoms with Gasteiger partial charge in [-0.15, -0.1) is 12.4 Å². The molecule has 0 aliphatic heterocycles. The van der Waals surface area contributed by atoms with E-state index in [4.69, 9.17) is 5.73 Å². The molecule has 1 aromatic heterocycles. The van der Waals surface area contributed by atoms with Crippen LogP contribution in [0.2, 0.25) is 0 Å². The van der Waals surface area contributed by atoms with Gasteiger partial charge in [0.2, 0.25) is 10.0 Å². The highest BCUT2D eigenvalue weighted by Gasteiger charge is 2.30. The van der Waals surface area contributed by atoms with Crippen LogP contribution in [0.1, 0.15) is 19.3 Å². The molecule has 3 rings (SSSR count). The van der Waals surface area contributed by atoms with E-state index in [-0.39, 0.29) is 24.4 Å². The molecule has 0 spiro atoms. The van der Waals surface area contributed by atoms with E-state index in [0.29, 0.717) is 16.8 Å².